The quantitative estimate of drug-likeness (QED) is 0.462. The molecule has 1 fully saturated rings. The van der Waals surface area contributed by atoms with Crippen LogP contribution in [0.1, 0.15) is 29.9 Å². The highest BCUT2D eigenvalue weighted by Crippen LogP contribution is 2.42. The second kappa shape index (κ2) is 8.49. The lowest BCUT2D eigenvalue weighted by Crippen LogP contribution is -2.23. The Morgan fingerprint density at radius 3 is 2.77 bits per heavy atom. The van der Waals surface area contributed by atoms with E-state index in [0.29, 0.717) is 18.2 Å². The van der Waals surface area contributed by atoms with Crippen LogP contribution in [0.5, 0.6) is 5.75 Å². The van der Waals surface area contributed by atoms with Crippen molar-refractivity contribution in [2.75, 3.05) is 23.1 Å². The Morgan fingerprint density at radius 2 is 2.03 bits per heavy atom. The molecule has 0 spiro atoms. The largest absolute Gasteiger partial charge is 0.505 e. The highest BCUT2D eigenvalue weighted by atomic mass is 32.2. The number of anilines is 2. The van der Waals surface area contributed by atoms with E-state index in [4.69, 9.17) is 4.55 Å². The van der Waals surface area contributed by atoms with Crippen LogP contribution in [0.15, 0.2) is 54.9 Å². The molecule has 1 atom stereocenters. The van der Waals surface area contributed by atoms with Gasteiger partial charge in [-0.15, -0.1) is 0 Å². The number of aromatic nitrogens is 1. The average molecular weight is 430 g/mol. The van der Waals surface area contributed by atoms with E-state index in [9.17, 15) is 13.7 Å². The van der Waals surface area contributed by atoms with E-state index in [-0.39, 0.29) is 11.6 Å². The van der Waals surface area contributed by atoms with Gasteiger partial charge in [-0.3, -0.25) is 0 Å². The zero-order valence-electron chi connectivity index (χ0n) is 16.6. The number of rotatable bonds is 8. The zero-order valence-corrected chi connectivity index (χ0v) is 17.4. The van der Waals surface area contributed by atoms with Crippen molar-refractivity contribution in [3.05, 3.63) is 71.8 Å². The summed E-state index contributed by atoms with van der Waals surface area (Å²) in [5, 5.41) is 13.3. The van der Waals surface area contributed by atoms with Crippen molar-refractivity contribution in [2.45, 2.75) is 25.3 Å². The normalized spacial score (nSPS) is 14.5. The van der Waals surface area contributed by atoms with Crippen molar-refractivity contribution < 1.29 is 18.3 Å². The average Bonchev–Trinajstić information content (AvgIpc) is 3.46. The van der Waals surface area contributed by atoms with Gasteiger partial charge in [-0.05, 0) is 54.2 Å². The minimum atomic E-state index is -1.92. The molecule has 1 aromatic heterocycles. The lowest BCUT2D eigenvalue weighted by molar-refractivity contribution is 0.430. The summed E-state index contributed by atoms with van der Waals surface area (Å²) in [6.07, 6.45) is 5.68. The molecular weight excluding hydrogens is 405 g/mol. The summed E-state index contributed by atoms with van der Waals surface area (Å²) >= 11 is -1.92. The summed E-state index contributed by atoms with van der Waals surface area (Å²) in [4.78, 5) is 1.74. The molecule has 0 radical (unpaired) electrons. The number of nitrogens with zero attached hydrogens (tertiary/aromatic N) is 2. The van der Waals surface area contributed by atoms with Crippen LogP contribution in [0.3, 0.4) is 0 Å². The molecule has 1 aliphatic rings. The first-order chi connectivity index (χ1) is 14.4. The van der Waals surface area contributed by atoms with Crippen LogP contribution in [0, 0.1) is 5.82 Å². The van der Waals surface area contributed by atoms with Gasteiger partial charge >= 0.3 is 0 Å². The van der Waals surface area contributed by atoms with Crippen molar-refractivity contribution in [1.82, 2.24) is 4.57 Å². The van der Waals surface area contributed by atoms with E-state index in [2.05, 4.69) is 5.32 Å². The molecule has 158 valence electrons. The van der Waals surface area contributed by atoms with Crippen LogP contribution < -0.4 is 10.2 Å². The van der Waals surface area contributed by atoms with E-state index < -0.39 is 16.9 Å². The molecule has 6 nitrogen and oxygen atoms in total. The first kappa shape index (κ1) is 20.4. The molecule has 0 amide bonds. The van der Waals surface area contributed by atoms with Crippen LogP contribution >= 0.6 is 0 Å². The van der Waals surface area contributed by atoms with Crippen LogP contribution in [0.25, 0.3) is 5.69 Å². The first-order valence-corrected chi connectivity index (χ1v) is 11.0. The summed E-state index contributed by atoms with van der Waals surface area (Å²) in [5.41, 5.74) is 3.92. The Labute approximate surface area is 177 Å². The van der Waals surface area contributed by atoms with Gasteiger partial charge in [0.2, 0.25) is 0 Å². The number of phenolic OH excluding ortho intramolecular Hbond substituents is 1. The molecular formula is C22H24FN3O3S. The van der Waals surface area contributed by atoms with Gasteiger partial charge in [0.05, 0.1) is 11.4 Å². The SMILES string of the molecule is CN(CS(=O)O)c1ccccc1CNc1ccn(-c2cc(C3CC3)cc(O)c2F)c1. The van der Waals surface area contributed by atoms with Crippen molar-refractivity contribution in [1.29, 1.82) is 0 Å². The second-order valence-electron chi connectivity index (χ2n) is 7.59. The summed E-state index contributed by atoms with van der Waals surface area (Å²) in [6.45, 7) is 0.498. The van der Waals surface area contributed by atoms with Gasteiger partial charge in [-0.25, -0.2) is 8.60 Å². The molecule has 0 saturated heterocycles. The minimum Gasteiger partial charge on any atom is -0.505 e. The predicted molar refractivity (Wildman–Crippen MR) is 117 cm³/mol. The fraction of sp³-hybridized carbons (Fsp3) is 0.273. The second-order valence-corrected chi connectivity index (χ2v) is 8.49. The van der Waals surface area contributed by atoms with E-state index in [1.165, 1.54) is 6.07 Å². The van der Waals surface area contributed by atoms with Crippen LogP contribution in [-0.4, -0.2) is 31.4 Å². The molecule has 0 aliphatic heterocycles. The smallest absolute Gasteiger partial charge is 0.188 e. The minimum absolute atomic E-state index is 0.0213. The maximum absolute atomic E-state index is 14.5. The van der Waals surface area contributed by atoms with Gasteiger partial charge < -0.3 is 24.4 Å². The summed E-state index contributed by atoms with van der Waals surface area (Å²) in [5.74, 6) is -0.528. The van der Waals surface area contributed by atoms with E-state index in [0.717, 1.165) is 35.3 Å². The molecule has 1 heterocycles. The maximum Gasteiger partial charge on any atom is 0.188 e. The standard InChI is InChI=1S/C22H24FN3O3S/c1-25(14-30(28)29)19-5-3-2-4-16(19)12-24-18-8-9-26(13-18)20-10-17(15-6-7-15)11-21(27)22(20)23/h2-5,8-11,13,15,24,27H,6-7,12,14H2,1H3,(H,28,29). The van der Waals surface area contributed by atoms with Crippen molar-refractivity contribution in [3.8, 4) is 11.4 Å². The topological polar surface area (TPSA) is 77.7 Å². The maximum atomic E-state index is 14.5. The van der Waals surface area contributed by atoms with Crippen molar-refractivity contribution in [2.24, 2.45) is 0 Å². The molecule has 1 unspecified atom stereocenters. The molecule has 1 aliphatic carbocycles. The molecule has 2 aromatic carbocycles. The fourth-order valence-electron chi connectivity index (χ4n) is 3.57. The van der Waals surface area contributed by atoms with Gasteiger partial charge in [-0.1, -0.05) is 18.2 Å². The van der Waals surface area contributed by atoms with E-state index >= 15 is 0 Å². The van der Waals surface area contributed by atoms with Gasteiger partial charge in [-0.2, -0.15) is 0 Å². The third kappa shape index (κ3) is 4.49. The molecule has 3 aromatic rings. The lowest BCUT2D eigenvalue weighted by Gasteiger charge is -2.21. The third-order valence-corrected chi connectivity index (χ3v) is 5.87. The number of hydrogen-bond donors (Lipinski definition) is 3. The Hall–Kier alpha value is -2.84. The number of phenols is 1. The van der Waals surface area contributed by atoms with Crippen LogP contribution in [0.4, 0.5) is 15.8 Å². The Balaban J connectivity index is 1.51. The molecule has 3 N–H and O–H groups in total. The molecule has 30 heavy (non-hydrogen) atoms. The van der Waals surface area contributed by atoms with Gasteiger partial charge in [0.1, 0.15) is 5.88 Å². The van der Waals surface area contributed by atoms with Crippen molar-refractivity contribution >= 4 is 22.5 Å². The van der Waals surface area contributed by atoms with Crippen molar-refractivity contribution in [3.63, 3.8) is 0 Å². The summed E-state index contributed by atoms with van der Waals surface area (Å²) < 4.78 is 36.5. The number of halogens is 1. The highest BCUT2D eigenvalue weighted by molar-refractivity contribution is 7.79. The van der Waals surface area contributed by atoms with Gasteiger partial charge in [0.15, 0.2) is 22.6 Å². The number of aromatic hydroxyl groups is 1. The van der Waals surface area contributed by atoms with E-state index in [1.807, 2.05) is 30.3 Å². The number of hydrogen-bond acceptors (Lipinski definition) is 4. The Bertz CT molecular complexity index is 1080. The number of benzene rings is 2. The van der Waals surface area contributed by atoms with Gasteiger partial charge in [0.25, 0.3) is 0 Å². The summed E-state index contributed by atoms with van der Waals surface area (Å²) in [7, 11) is 1.77. The first-order valence-electron chi connectivity index (χ1n) is 9.73. The molecule has 1 saturated carbocycles. The predicted octanol–water partition coefficient (Wildman–Crippen LogP) is 4.43. The lowest BCUT2D eigenvalue weighted by atomic mass is 10.1. The molecule has 8 heteroatoms. The highest BCUT2D eigenvalue weighted by Gasteiger charge is 2.26. The number of para-hydroxylation sites is 1. The molecule has 4 rings (SSSR count). The Kier molecular flexibility index (Phi) is 5.78. The van der Waals surface area contributed by atoms with Crippen LogP contribution in [-0.2, 0) is 17.6 Å². The van der Waals surface area contributed by atoms with Crippen LogP contribution in [0.2, 0.25) is 0 Å². The summed E-state index contributed by atoms with van der Waals surface area (Å²) in [6, 6.07) is 12.8. The fourth-order valence-corrected chi connectivity index (χ4v) is 4.04. The monoisotopic (exact) mass is 429 g/mol. The third-order valence-electron chi connectivity index (χ3n) is 5.27. The molecule has 0 bridgehead atoms. The Morgan fingerprint density at radius 1 is 1.27 bits per heavy atom. The zero-order chi connectivity index (χ0) is 21.3. The van der Waals surface area contributed by atoms with Gasteiger partial charge in [0, 0.05) is 31.7 Å². The van der Waals surface area contributed by atoms with E-state index in [1.54, 1.807) is 35.0 Å². The number of nitrogens with one attached hydrogen (secondary N) is 1.